The number of nitrogens with zero attached hydrogens (tertiary/aromatic N) is 4. The molecule has 3 aliphatic rings. The number of urea groups is 1. The molecular weight excluding hydrogens is 342 g/mol. The molecule has 0 saturated carbocycles. The fourth-order valence-electron chi connectivity index (χ4n) is 3.31. The van der Waals surface area contributed by atoms with Gasteiger partial charge in [-0.15, -0.1) is 14.5 Å². The van der Waals surface area contributed by atoms with Gasteiger partial charge < -0.3 is 14.6 Å². The Morgan fingerprint density at radius 2 is 2.12 bits per heavy atom. The van der Waals surface area contributed by atoms with E-state index in [0.29, 0.717) is 42.0 Å². The molecule has 2 N–H and O–H groups in total. The second-order valence-electron chi connectivity index (χ2n) is 6.27. The summed E-state index contributed by atoms with van der Waals surface area (Å²) in [6.45, 7) is 2.13. The molecule has 3 aliphatic heterocycles. The Bertz CT molecular complexity index is 747. The van der Waals surface area contributed by atoms with E-state index in [1.807, 2.05) is 0 Å². The number of carbonyl (C=O) groups is 1. The number of fused-ring (bicyclic) bond motifs is 2. The molecule has 2 atom stereocenters. The fraction of sp³-hybridized carbons (Fsp3) is 0.750. The third kappa shape index (κ3) is 2.85. The smallest absolute Gasteiger partial charge is 0.418 e. The van der Waals surface area contributed by atoms with Crippen LogP contribution in [0.4, 0.5) is 4.79 Å². The first-order valence-electron chi connectivity index (χ1n) is 7.70. The highest BCUT2D eigenvalue weighted by Gasteiger charge is 2.49. The molecule has 24 heavy (non-hydrogen) atoms. The van der Waals surface area contributed by atoms with E-state index in [1.165, 1.54) is 4.90 Å². The molecule has 4 rings (SSSR count). The minimum atomic E-state index is -4.75. The number of amides is 2. The molecule has 1 aromatic heterocycles. The monoisotopic (exact) mass is 359 g/mol. The van der Waals surface area contributed by atoms with Crippen LogP contribution in [-0.4, -0.2) is 64.8 Å². The second kappa shape index (κ2) is 5.65. The number of nitrogens with one attached hydrogen (secondary N) is 1. The SMILES string of the molecule is O=C1N2CC(CCC2c2nnc(CC3CNC3)o2)N1OS(=O)(=O)O. The van der Waals surface area contributed by atoms with Gasteiger partial charge in [0.1, 0.15) is 6.04 Å². The molecule has 0 aromatic carbocycles. The summed E-state index contributed by atoms with van der Waals surface area (Å²) in [6, 6.07) is -1.48. The molecule has 3 fully saturated rings. The van der Waals surface area contributed by atoms with E-state index in [4.69, 9.17) is 8.97 Å². The van der Waals surface area contributed by atoms with Crippen molar-refractivity contribution in [1.82, 2.24) is 25.5 Å². The van der Waals surface area contributed by atoms with Crippen LogP contribution >= 0.6 is 0 Å². The van der Waals surface area contributed by atoms with E-state index in [0.717, 1.165) is 13.1 Å². The number of piperidine rings is 1. The van der Waals surface area contributed by atoms with Crippen LogP contribution in [0.3, 0.4) is 0 Å². The van der Waals surface area contributed by atoms with E-state index in [2.05, 4.69) is 19.8 Å². The molecule has 0 aliphatic carbocycles. The molecule has 2 bridgehead atoms. The summed E-state index contributed by atoms with van der Waals surface area (Å²) in [5.74, 6) is 1.37. The van der Waals surface area contributed by atoms with Gasteiger partial charge in [-0.05, 0) is 31.8 Å². The molecule has 1 aromatic rings. The summed E-state index contributed by atoms with van der Waals surface area (Å²) in [6.07, 6.45) is 1.75. The normalized spacial score (nSPS) is 27.6. The van der Waals surface area contributed by atoms with Crippen LogP contribution in [0, 0.1) is 5.92 Å². The molecule has 11 nitrogen and oxygen atoms in total. The van der Waals surface area contributed by atoms with Crippen molar-refractivity contribution in [2.45, 2.75) is 31.3 Å². The first-order chi connectivity index (χ1) is 11.4. The van der Waals surface area contributed by atoms with Gasteiger partial charge in [-0.1, -0.05) is 0 Å². The van der Waals surface area contributed by atoms with Crippen molar-refractivity contribution in [2.75, 3.05) is 19.6 Å². The number of rotatable bonds is 5. The lowest BCUT2D eigenvalue weighted by molar-refractivity contribution is -0.0317. The molecule has 4 heterocycles. The quantitative estimate of drug-likeness (QED) is 0.667. The van der Waals surface area contributed by atoms with E-state index < -0.39 is 28.5 Å². The number of aromatic nitrogens is 2. The van der Waals surface area contributed by atoms with Crippen molar-refractivity contribution >= 4 is 16.4 Å². The Balaban J connectivity index is 1.48. The average molecular weight is 359 g/mol. The van der Waals surface area contributed by atoms with Gasteiger partial charge in [-0.3, -0.25) is 4.55 Å². The van der Waals surface area contributed by atoms with Gasteiger partial charge in [0.2, 0.25) is 11.8 Å². The summed E-state index contributed by atoms with van der Waals surface area (Å²) in [5, 5.41) is 12.0. The zero-order chi connectivity index (χ0) is 16.9. The molecule has 132 valence electrons. The summed E-state index contributed by atoms with van der Waals surface area (Å²) >= 11 is 0. The third-order valence-electron chi connectivity index (χ3n) is 4.59. The van der Waals surface area contributed by atoms with Crippen LogP contribution < -0.4 is 5.32 Å². The lowest BCUT2D eigenvalue weighted by atomic mass is 10.00. The zero-order valence-electron chi connectivity index (χ0n) is 12.7. The standard InChI is InChI=1S/C12H17N5O6S/c18-12-16-6-8(17(12)23-24(19,20)21)1-2-9(16)11-15-14-10(22-11)3-7-4-13-5-7/h7-9,13H,1-6H2,(H,19,20,21). The Hall–Kier alpha value is -1.76. The van der Waals surface area contributed by atoms with Gasteiger partial charge in [0.15, 0.2) is 0 Å². The van der Waals surface area contributed by atoms with Gasteiger partial charge in [0, 0.05) is 13.0 Å². The van der Waals surface area contributed by atoms with Gasteiger partial charge in [0.05, 0.1) is 6.04 Å². The van der Waals surface area contributed by atoms with Gasteiger partial charge in [-0.25, -0.2) is 4.79 Å². The summed E-state index contributed by atoms with van der Waals surface area (Å²) < 4.78 is 40.7. The molecule has 12 heteroatoms. The van der Waals surface area contributed by atoms with Crippen LogP contribution in [-0.2, 0) is 21.1 Å². The number of hydrogen-bond donors (Lipinski definition) is 2. The largest absolute Gasteiger partial charge is 0.423 e. The number of carbonyl (C=O) groups excluding carboxylic acids is 1. The van der Waals surface area contributed by atoms with Crippen LogP contribution in [0.2, 0.25) is 0 Å². The topological polar surface area (TPSA) is 138 Å². The van der Waals surface area contributed by atoms with Crippen molar-refractivity contribution in [3.05, 3.63) is 11.8 Å². The van der Waals surface area contributed by atoms with Gasteiger partial charge in [-0.2, -0.15) is 13.5 Å². The Labute approximate surface area is 137 Å². The maximum atomic E-state index is 12.3. The highest BCUT2D eigenvalue weighted by molar-refractivity contribution is 7.80. The molecule has 0 spiro atoms. The van der Waals surface area contributed by atoms with Crippen LogP contribution in [0.25, 0.3) is 0 Å². The van der Waals surface area contributed by atoms with Gasteiger partial charge in [0.25, 0.3) is 0 Å². The number of hydroxylamine groups is 2. The van der Waals surface area contributed by atoms with E-state index in [-0.39, 0.29) is 6.54 Å². The van der Waals surface area contributed by atoms with Crippen molar-refractivity contribution in [3.8, 4) is 0 Å². The highest BCUT2D eigenvalue weighted by atomic mass is 32.3. The summed E-state index contributed by atoms with van der Waals surface area (Å²) in [5.41, 5.74) is 0. The average Bonchev–Trinajstić information content (AvgIpc) is 3.02. The van der Waals surface area contributed by atoms with Gasteiger partial charge >= 0.3 is 16.4 Å². The molecule has 2 unspecified atom stereocenters. The maximum Gasteiger partial charge on any atom is 0.418 e. The first kappa shape index (κ1) is 15.7. The Kier molecular flexibility index (Phi) is 3.71. The van der Waals surface area contributed by atoms with E-state index in [9.17, 15) is 13.2 Å². The van der Waals surface area contributed by atoms with Crippen molar-refractivity contribution in [3.63, 3.8) is 0 Å². The molecule has 0 radical (unpaired) electrons. The lowest BCUT2D eigenvalue weighted by Crippen LogP contribution is -2.43. The minimum absolute atomic E-state index is 0.281. The first-order valence-corrected chi connectivity index (χ1v) is 9.07. The Morgan fingerprint density at radius 3 is 2.79 bits per heavy atom. The van der Waals surface area contributed by atoms with Crippen LogP contribution in [0.15, 0.2) is 4.42 Å². The predicted octanol–water partition coefficient (Wildman–Crippen LogP) is -0.493. The minimum Gasteiger partial charge on any atom is -0.423 e. The third-order valence-corrected chi connectivity index (χ3v) is 4.94. The van der Waals surface area contributed by atoms with Crippen LogP contribution in [0.1, 0.15) is 30.7 Å². The maximum absolute atomic E-state index is 12.3. The zero-order valence-corrected chi connectivity index (χ0v) is 13.5. The highest BCUT2D eigenvalue weighted by Crippen LogP contribution is 2.38. The summed E-state index contributed by atoms with van der Waals surface area (Å²) in [7, 11) is -4.75. The predicted molar refractivity (Wildman–Crippen MR) is 76.7 cm³/mol. The van der Waals surface area contributed by atoms with E-state index in [1.54, 1.807) is 0 Å². The van der Waals surface area contributed by atoms with E-state index >= 15 is 0 Å². The Morgan fingerprint density at radius 1 is 1.33 bits per heavy atom. The summed E-state index contributed by atoms with van der Waals surface area (Å²) in [4.78, 5) is 13.8. The lowest BCUT2D eigenvalue weighted by Gasteiger charge is -2.27. The molecule has 3 saturated heterocycles. The van der Waals surface area contributed by atoms with Crippen molar-refractivity contribution in [2.24, 2.45) is 5.92 Å². The number of hydrogen-bond acceptors (Lipinski definition) is 8. The van der Waals surface area contributed by atoms with Crippen molar-refractivity contribution in [1.29, 1.82) is 0 Å². The second-order valence-corrected chi connectivity index (χ2v) is 7.28. The molecular formula is C12H17N5O6S. The van der Waals surface area contributed by atoms with Crippen LogP contribution in [0.5, 0.6) is 0 Å². The fourth-order valence-corrected chi connectivity index (χ4v) is 3.70. The van der Waals surface area contributed by atoms with Crippen molar-refractivity contribution < 1.29 is 26.5 Å². The molecule has 2 amide bonds.